The molecule has 1 amide bonds. The molecule has 0 saturated carbocycles. The van der Waals surface area contributed by atoms with Crippen molar-refractivity contribution in [3.63, 3.8) is 0 Å². The van der Waals surface area contributed by atoms with Gasteiger partial charge in [0, 0.05) is 43.5 Å². The van der Waals surface area contributed by atoms with Gasteiger partial charge in [0.05, 0.1) is 11.0 Å². The Bertz CT molecular complexity index is 874. The highest BCUT2D eigenvalue weighted by molar-refractivity contribution is 5.95. The smallest absolute Gasteiger partial charge is 0.273 e. The summed E-state index contributed by atoms with van der Waals surface area (Å²) in [4.78, 5) is 27.8. The molecule has 1 saturated heterocycles. The van der Waals surface area contributed by atoms with Crippen molar-refractivity contribution >= 4 is 17.3 Å². The molecule has 2 aromatic carbocycles. The summed E-state index contributed by atoms with van der Waals surface area (Å²) in [6, 6.07) is 13.1. The molecule has 0 radical (unpaired) electrons. The van der Waals surface area contributed by atoms with Gasteiger partial charge in [-0.3, -0.25) is 19.8 Å². The molecule has 0 aliphatic carbocycles. The Balaban J connectivity index is 1.75. The van der Waals surface area contributed by atoms with Crippen molar-refractivity contribution < 1.29 is 9.72 Å². The third kappa shape index (κ3) is 4.92. The predicted octanol–water partition coefficient (Wildman–Crippen LogP) is 3.54. The Hall–Kier alpha value is -2.93. The number of carbonyl (C=O) groups excluding carboxylic acids is 1. The lowest BCUT2D eigenvalue weighted by atomic mass is 10.0. The van der Waals surface area contributed by atoms with Gasteiger partial charge in [0.25, 0.3) is 11.6 Å². The van der Waals surface area contributed by atoms with Crippen LogP contribution in [-0.2, 0) is 0 Å². The molecule has 7 nitrogen and oxygen atoms in total. The molecule has 3 rings (SSSR count). The van der Waals surface area contributed by atoms with E-state index < -0.39 is 4.92 Å². The number of nitrogens with one attached hydrogen (secondary N) is 1. The maximum absolute atomic E-state index is 12.7. The summed E-state index contributed by atoms with van der Waals surface area (Å²) < 4.78 is 0. The van der Waals surface area contributed by atoms with E-state index in [1.807, 2.05) is 14.1 Å². The van der Waals surface area contributed by atoms with Gasteiger partial charge in [0.1, 0.15) is 0 Å². The second-order valence-electron chi connectivity index (χ2n) is 7.71. The first-order valence-electron chi connectivity index (χ1n) is 9.91. The number of benzene rings is 2. The molecule has 1 aliphatic heterocycles. The summed E-state index contributed by atoms with van der Waals surface area (Å²) >= 11 is 0. The number of amides is 1. The number of hydrogen-bond donors (Lipinski definition) is 1. The van der Waals surface area contributed by atoms with E-state index >= 15 is 0 Å². The summed E-state index contributed by atoms with van der Waals surface area (Å²) in [5.74, 6) is -0.290. The molecule has 29 heavy (non-hydrogen) atoms. The standard InChI is InChI=1S/C22H28N4O3/c1-16-6-7-18(14-20(16)26(28)29)22(27)23-15-21(25-12-4-5-13-25)17-8-10-19(11-9-17)24(2)3/h6-11,14,21H,4-5,12-13,15H2,1-3H3,(H,23,27)/t21-/m0/s1. The molecular weight excluding hydrogens is 368 g/mol. The zero-order valence-electron chi connectivity index (χ0n) is 17.2. The molecule has 1 fully saturated rings. The highest BCUT2D eigenvalue weighted by Crippen LogP contribution is 2.26. The van der Waals surface area contributed by atoms with Gasteiger partial charge in [-0.2, -0.15) is 0 Å². The van der Waals surface area contributed by atoms with E-state index in [1.165, 1.54) is 6.07 Å². The van der Waals surface area contributed by atoms with Crippen LogP contribution in [0.1, 0.15) is 40.4 Å². The third-order valence-corrected chi connectivity index (χ3v) is 5.50. The number of anilines is 1. The molecule has 154 valence electrons. The highest BCUT2D eigenvalue weighted by atomic mass is 16.6. The molecule has 0 bridgehead atoms. The van der Waals surface area contributed by atoms with E-state index in [0.717, 1.165) is 37.2 Å². The van der Waals surface area contributed by atoms with E-state index in [9.17, 15) is 14.9 Å². The third-order valence-electron chi connectivity index (χ3n) is 5.50. The van der Waals surface area contributed by atoms with Crippen LogP contribution in [0.5, 0.6) is 0 Å². The molecule has 1 N–H and O–H groups in total. The van der Waals surface area contributed by atoms with Crippen LogP contribution >= 0.6 is 0 Å². The van der Waals surface area contributed by atoms with Gasteiger partial charge < -0.3 is 10.2 Å². The number of likely N-dealkylation sites (tertiary alicyclic amines) is 1. The first-order chi connectivity index (χ1) is 13.9. The molecular formula is C22H28N4O3. The fraction of sp³-hybridized carbons (Fsp3) is 0.409. The van der Waals surface area contributed by atoms with Gasteiger partial charge in [-0.15, -0.1) is 0 Å². The summed E-state index contributed by atoms with van der Waals surface area (Å²) in [7, 11) is 4.02. The topological polar surface area (TPSA) is 78.7 Å². The molecule has 7 heteroatoms. The number of aryl methyl sites for hydroxylation is 1. The van der Waals surface area contributed by atoms with Crippen LogP contribution in [0.3, 0.4) is 0 Å². The summed E-state index contributed by atoms with van der Waals surface area (Å²) in [6.45, 7) is 4.14. The van der Waals surface area contributed by atoms with Crippen LogP contribution in [0, 0.1) is 17.0 Å². The summed E-state index contributed by atoms with van der Waals surface area (Å²) in [6.07, 6.45) is 2.31. The van der Waals surface area contributed by atoms with Crippen LogP contribution in [0.4, 0.5) is 11.4 Å². The minimum absolute atomic E-state index is 0.0342. The van der Waals surface area contributed by atoms with Crippen LogP contribution < -0.4 is 10.2 Å². The van der Waals surface area contributed by atoms with Gasteiger partial charge in [0.15, 0.2) is 0 Å². The monoisotopic (exact) mass is 396 g/mol. The fourth-order valence-electron chi connectivity index (χ4n) is 3.74. The van der Waals surface area contributed by atoms with E-state index in [2.05, 4.69) is 39.4 Å². The molecule has 0 unspecified atom stereocenters. The van der Waals surface area contributed by atoms with Crippen LogP contribution in [0.15, 0.2) is 42.5 Å². The normalized spacial score (nSPS) is 15.1. The van der Waals surface area contributed by atoms with Gasteiger partial charge in [-0.1, -0.05) is 18.2 Å². The number of carbonyl (C=O) groups is 1. The van der Waals surface area contributed by atoms with E-state index in [0.29, 0.717) is 17.7 Å². The van der Waals surface area contributed by atoms with E-state index in [4.69, 9.17) is 0 Å². The molecule has 2 aromatic rings. The van der Waals surface area contributed by atoms with Crippen LogP contribution in [-0.4, -0.2) is 49.5 Å². The van der Waals surface area contributed by atoms with Crippen LogP contribution in [0.2, 0.25) is 0 Å². The molecule has 1 aliphatic rings. The highest BCUT2D eigenvalue weighted by Gasteiger charge is 2.24. The first kappa shape index (κ1) is 20.8. The molecule has 1 heterocycles. The minimum Gasteiger partial charge on any atom is -0.378 e. The lowest BCUT2D eigenvalue weighted by Crippen LogP contribution is -2.36. The van der Waals surface area contributed by atoms with Gasteiger partial charge in [0.2, 0.25) is 0 Å². The van der Waals surface area contributed by atoms with Gasteiger partial charge in [-0.25, -0.2) is 0 Å². The van der Waals surface area contributed by atoms with E-state index in [1.54, 1.807) is 19.1 Å². The number of nitrogens with zero attached hydrogens (tertiary/aromatic N) is 3. The Morgan fingerprint density at radius 1 is 1.17 bits per heavy atom. The lowest BCUT2D eigenvalue weighted by molar-refractivity contribution is -0.385. The van der Waals surface area contributed by atoms with Crippen molar-refractivity contribution in [2.75, 3.05) is 38.6 Å². The van der Waals surface area contributed by atoms with Gasteiger partial charge >= 0.3 is 0 Å². The number of nitro groups is 1. The Kier molecular flexibility index (Phi) is 6.49. The van der Waals surface area contributed by atoms with Crippen molar-refractivity contribution in [3.8, 4) is 0 Å². The Labute approximate surface area is 171 Å². The number of nitro benzene ring substituents is 1. The zero-order chi connectivity index (χ0) is 21.0. The summed E-state index contributed by atoms with van der Waals surface area (Å²) in [5, 5.41) is 14.1. The molecule has 0 aromatic heterocycles. The maximum atomic E-state index is 12.7. The Morgan fingerprint density at radius 3 is 2.41 bits per heavy atom. The predicted molar refractivity (Wildman–Crippen MR) is 114 cm³/mol. The second-order valence-corrected chi connectivity index (χ2v) is 7.71. The van der Waals surface area contributed by atoms with Crippen LogP contribution in [0.25, 0.3) is 0 Å². The maximum Gasteiger partial charge on any atom is 0.273 e. The minimum atomic E-state index is -0.453. The quantitative estimate of drug-likeness (QED) is 0.572. The largest absolute Gasteiger partial charge is 0.378 e. The van der Waals surface area contributed by atoms with Crippen molar-refractivity contribution in [1.82, 2.24) is 10.2 Å². The van der Waals surface area contributed by atoms with Crippen molar-refractivity contribution in [1.29, 1.82) is 0 Å². The van der Waals surface area contributed by atoms with E-state index in [-0.39, 0.29) is 17.6 Å². The fourth-order valence-corrected chi connectivity index (χ4v) is 3.74. The number of rotatable bonds is 7. The van der Waals surface area contributed by atoms with Crippen molar-refractivity contribution in [2.45, 2.75) is 25.8 Å². The summed E-state index contributed by atoms with van der Waals surface area (Å²) in [5.41, 5.74) is 3.11. The first-order valence-corrected chi connectivity index (χ1v) is 9.91. The SMILES string of the molecule is Cc1ccc(C(=O)NC[C@@H](c2ccc(N(C)C)cc2)N2CCCC2)cc1[N+](=O)[O-]. The Morgan fingerprint density at radius 2 is 1.83 bits per heavy atom. The molecule has 0 spiro atoms. The lowest BCUT2D eigenvalue weighted by Gasteiger charge is -2.28. The molecule has 1 atom stereocenters. The van der Waals surface area contributed by atoms with Crippen molar-refractivity contribution in [3.05, 3.63) is 69.3 Å². The average molecular weight is 396 g/mol. The average Bonchev–Trinajstić information content (AvgIpc) is 3.23. The second kappa shape index (κ2) is 9.05. The van der Waals surface area contributed by atoms with Gasteiger partial charge in [-0.05, 0) is 56.6 Å². The zero-order valence-corrected chi connectivity index (χ0v) is 17.2. The van der Waals surface area contributed by atoms with Crippen molar-refractivity contribution in [2.24, 2.45) is 0 Å². The number of hydrogen-bond acceptors (Lipinski definition) is 5.